The zero-order valence-electron chi connectivity index (χ0n) is 12.9. The Hall–Kier alpha value is -3.48. The molecule has 1 amide bonds. The summed E-state index contributed by atoms with van der Waals surface area (Å²) in [5.41, 5.74) is 1.16. The number of carbonyl (C=O) groups excluding carboxylic acids is 1. The summed E-state index contributed by atoms with van der Waals surface area (Å²) in [6.07, 6.45) is 6.46. The molecule has 0 aliphatic carbocycles. The molecule has 0 aliphatic rings. The van der Waals surface area contributed by atoms with Crippen molar-refractivity contribution < 1.29 is 4.79 Å². The SMILES string of the molecule is CNC(=O)c1cnc(/C=C/c2ccn(-c3ccccc3)n2)[nH]c1=O. The Morgan fingerprint density at radius 2 is 2.00 bits per heavy atom. The molecule has 2 N–H and O–H groups in total. The average molecular weight is 321 g/mol. The van der Waals surface area contributed by atoms with Crippen LogP contribution in [-0.4, -0.2) is 32.7 Å². The van der Waals surface area contributed by atoms with Crippen molar-refractivity contribution in [3.8, 4) is 5.69 Å². The van der Waals surface area contributed by atoms with E-state index in [0.717, 1.165) is 11.4 Å². The molecule has 0 fully saturated rings. The van der Waals surface area contributed by atoms with Crippen LogP contribution in [0.3, 0.4) is 0 Å². The highest BCUT2D eigenvalue weighted by Gasteiger charge is 2.08. The Labute approximate surface area is 137 Å². The molecule has 0 spiro atoms. The molecule has 7 nitrogen and oxygen atoms in total. The third-order valence-electron chi connectivity index (χ3n) is 3.33. The Kier molecular flexibility index (Phi) is 4.33. The third kappa shape index (κ3) is 3.30. The first kappa shape index (κ1) is 15.4. The molecule has 0 unspecified atom stereocenters. The number of nitrogens with zero attached hydrogens (tertiary/aromatic N) is 3. The maximum Gasteiger partial charge on any atom is 0.263 e. The van der Waals surface area contributed by atoms with E-state index < -0.39 is 11.5 Å². The molecule has 0 saturated carbocycles. The summed E-state index contributed by atoms with van der Waals surface area (Å²) < 4.78 is 1.75. The lowest BCUT2D eigenvalue weighted by molar-refractivity contribution is 0.0961. The van der Waals surface area contributed by atoms with Crippen molar-refractivity contribution in [3.05, 3.63) is 76.2 Å². The lowest BCUT2D eigenvalue weighted by Crippen LogP contribution is -2.27. The minimum atomic E-state index is -0.487. The molecule has 0 radical (unpaired) electrons. The molecular formula is C17H15N5O2. The van der Waals surface area contributed by atoms with Gasteiger partial charge in [-0.3, -0.25) is 9.59 Å². The van der Waals surface area contributed by atoms with Crippen LogP contribution in [0.5, 0.6) is 0 Å². The van der Waals surface area contributed by atoms with Crippen LogP contribution < -0.4 is 10.9 Å². The third-order valence-corrected chi connectivity index (χ3v) is 3.33. The second kappa shape index (κ2) is 6.74. The summed E-state index contributed by atoms with van der Waals surface area (Å²) in [5.74, 6) is -0.122. The molecule has 0 saturated heterocycles. The maximum absolute atomic E-state index is 11.8. The maximum atomic E-state index is 11.8. The van der Waals surface area contributed by atoms with Crippen LogP contribution in [0, 0.1) is 0 Å². The van der Waals surface area contributed by atoms with Gasteiger partial charge in [0.25, 0.3) is 11.5 Å². The first-order valence-electron chi connectivity index (χ1n) is 7.28. The van der Waals surface area contributed by atoms with Gasteiger partial charge in [-0.2, -0.15) is 5.10 Å². The average Bonchev–Trinajstić information content (AvgIpc) is 3.09. The Bertz CT molecular complexity index is 941. The van der Waals surface area contributed by atoms with E-state index in [1.54, 1.807) is 16.8 Å². The van der Waals surface area contributed by atoms with E-state index in [1.165, 1.54) is 13.2 Å². The predicted octanol–water partition coefficient (Wildman–Crippen LogP) is 1.49. The lowest BCUT2D eigenvalue weighted by Gasteiger charge is -1.99. The van der Waals surface area contributed by atoms with Gasteiger partial charge >= 0.3 is 0 Å². The molecule has 0 atom stereocenters. The zero-order valence-corrected chi connectivity index (χ0v) is 12.9. The number of aromatic nitrogens is 4. The van der Waals surface area contributed by atoms with E-state index in [0.29, 0.717) is 5.82 Å². The number of carbonyl (C=O) groups is 1. The highest BCUT2D eigenvalue weighted by Crippen LogP contribution is 2.08. The number of nitrogens with one attached hydrogen (secondary N) is 2. The fourth-order valence-corrected chi connectivity index (χ4v) is 2.11. The standard InChI is InChI=1S/C17H15N5O2/c1-18-16(23)14-11-19-15(20-17(14)24)8-7-12-9-10-22(21-12)13-5-3-2-4-6-13/h2-11H,1H3,(H,18,23)(H,19,20,24)/b8-7+. The van der Waals surface area contributed by atoms with E-state index in [2.05, 4.69) is 20.4 Å². The number of aromatic amines is 1. The van der Waals surface area contributed by atoms with Crippen molar-refractivity contribution in [2.24, 2.45) is 0 Å². The van der Waals surface area contributed by atoms with Gasteiger partial charge in [-0.15, -0.1) is 0 Å². The molecule has 0 aliphatic heterocycles. The van der Waals surface area contributed by atoms with Gasteiger partial charge in [-0.05, 0) is 30.4 Å². The molecule has 1 aromatic carbocycles. The summed E-state index contributed by atoms with van der Waals surface area (Å²) >= 11 is 0. The van der Waals surface area contributed by atoms with Crippen molar-refractivity contribution in [2.75, 3.05) is 7.05 Å². The number of amides is 1. The topological polar surface area (TPSA) is 92.7 Å². The summed E-state index contributed by atoms with van der Waals surface area (Å²) in [5, 5.41) is 6.81. The zero-order chi connectivity index (χ0) is 16.9. The molecule has 2 heterocycles. The van der Waals surface area contributed by atoms with Crippen molar-refractivity contribution in [3.63, 3.8) is 0 Å². The molecule has 2 aromatic heterocycles. The smallest absolute Gasteiger partial charge is 0.263 e. The van der Waals surface area contributed by atoms with Crippen molar-refractivity contribution in [1.82, 2.24) is 25.1 Å². The summed E-state index contributed by atoms with van der Waals surface area (Å²) in [4.78, 5) is 29.9. The lowest BCUT2D eigenvalue weighted by atomic mass is 10.3. The number of para-hydroxylation sites is 1. The van der Waals surface area contributed by atoms with E-state index >= 15 is 0 Å². The van der Waals surface area contributed by atoms with Gasteiger partial charge in [0.15, 0.2) is 0 Å². The fraction of sp³-hybridized carbons (Fsp3) is 0.0588. The quantitative estimate of drug-likeness (QED) is 0.761. The number of hydrogen-bond donors (Lipinski definition) is 2. The highest BCUT2D eigenvalue weighted by atomic mass is 16.2. The van der Waals surface area contributed by atoms with Crippen molar-refractivity contribution >= 4 is 18.1 Å². The number of hydrogen-bond acceptors (Lipinski definition) is 4. The normalized spacial score (nSPS) is 10.9. The largest absolute Gasteiger partial charge is 0.355 e. The van der Waals surface area contributed by atoms with Gasteiger partial charge in [-0.25, -0.2) is 9.67 Å². The minimum Gasteiger partial charge on any atom is -0.355 e. The van der Waals surface area contributed by atoms with Gasteiger partial charge in [0.05, 0.1) is 11.4 Å². The van der Waals surface area contributed by atoms with E-state index in [4.69, 9.17) is 0 Å². The Morgan fingerprint density at radius 1 is 1.21 bits per heavy atom. The molecular weight excluding hydrogens is 306 g/mol. The molecule has 3 aromatic rings. The van der Waals surface area contributed by atoms with Gasteiger partial charge in [0.2, 0.25) is 0 Å². The highest BCUT2D eigenvalue weighted by molar-refractivity contribution is 5.93. The van der Waals surface area contributed by atoms with Gasteiger partial charge in [-0.1, -0.05) is 18.2 Å². The van der Waals surface area contributed by atoms with Gasteiger partial charge < -0.3 is 10.3 Å². The van der Waals surface area contributed by atoms with E-state index in [9.17, 15) is 9.59 Å². The fourth-order valence-electron chi connectivity index (χ4n) is 2.11. The first-order chi connectivity index (χ1) is 11.7. The Balaban J connectivity index is 1.79. The van der Waals surface area contributed by atoms with Crippen LogP contribution in [0.15, 0.2) is 53.6 Å². The molecule has 120 valence electrons. The van der Waals surface area contributed by atoms with Crippen LogP contribution >= 0.6 is 0 Å². The summed E-state index contributed by atoms with van der Waals surface area (Å²) in [6.45, 7) is 0. The minimum absolute atomic E-state index is 0.0250. The molecule has 3 rings (SSSR count). The monoisotopic (exact) mass is 321 g/mol. The molecule has 0 bridgehead atoms. The predicted molar refractivity (Wildman–Crippen MR) is 90.7 cm³/mol. The Morgan fingerprint density at radius 3 is 2.71 bits per heavy atom. The molecule has 7 heteroatoms. The van der Waals surface area contributed by atoms with Crippen LogP contribution in [0.4, 0.5) is 0 Å². The number of rotatable bonds is 4. The van der Waals surface area contributed by atoms with Crippen LogP contribution in [0.25, 0.3) is 17.8 Å². The van der Waals surface area contributed by atoms with Crippen molar-refractivity contribution in [1.29, 1.82) is 0 Å². The first-order valence-corrected chi connectivity index (χ1v) is 7.28. The van der Waals surface area contributed by atoms with Crippen molar-refractivity contribution in [2.45, 2.75) is 0 Å². The van der Waals surface area contributed by atoms with Crippen LogP contribution in [0.2, 0.25) is 0 Å². The summed E-state index contributed by atoms with van der Waals surface area (Å²) in [7, 11) is 1.46. The van der Waals surface area contributed by atoms with Gasteiger partial charge in [0.1, 0.15) is 11.4 Å². The van der Waals surface area contributed by atoms with Crippen LogP contribution in [0.1, 0.15) is 21.9 Å². The van der Waals surface area contributed by atoms with E-state index in [-0.39, 0.29) is 5.56 Å². The van der Waals surface area contributed by atoms with E-state index in [1.807, 2.05) is 42.6 Å². The number of H-pyrrole nitrogens is 1. The second-order valence-corrected chi connectivity index (χ2v) is 4.94. The number of benzene rings is 1. The van der Waals surface area contributed by atoms with Gasteiger partial charge in [0, 0.05) is 19.4 Å². The summed E-state index contributed by atoms with van der Waals surface area (Å²) in [6, 6.07) is 11.6. The molecule has 24 heavy (non-hydrogen) atoms. The van der Waals surface area contributed by atoms with Crippen LogP contribution in [-0.2, 0) is 0 Å². The second-order valence-electron chi connectivity index (χ2n) is 4.94.